The van der Waals surface area contributed by atoms with Crippen LogP contribution in [-0.2, 0) is 5.75 Å². The van der Waals surface area contributed by atoms with Crippen LogP contribution in [0.25, 0.3) is 0 Å². The van der Waals surface area contributed by atoms with Crippen LogP contribution in [0.15, 0.2) is 48.5 Å². The molecule has 0 aliphatic rings. The lowest BCUT2D eigenvalue weighted by Crippen LogP contribution is -2.30. The van der Waals surface area contributed by atoms with Gasteiger partial charge >= 0.3 is 0 Å². The van der Waals surface area contributed by atoms with Gasteiger partial charge in [-0.25, -0.2) is 0 Å². The monoisotopic (exact) mass is 370 g/mol. The van der Waals surface area contributed by atoms with E-state index in [0.717, 1.165) is 34.3 Å². The van der Waals surface area contributed by atoms with E-state index in [9.17, 15) is 0 Å². The van der Waals surface area contributed by atoms with Crippen molar-refractivity contribution in [3.05, 3.63) is 64.1 Å². The molecule has 0 spiro atoms. The van der Waals surface area contributed by atoms with Crippen LogP contribution in [0.5, 0.6) is 0 Å². The highest BCUT2D eigenvalue weighted by atomic mass is 35.5. The molecule has 2 aromatic rings. The Morgan fingerprint density at radius 3 is 2.50 bits per heavy atom. The summed E-state index contributed by atoms with van der Waals surface area (Å²) < 4.78 is 0. The van der Waals surface area contributed by atoms with Crippen molar-refractivity contribution >= 4 is 58.0 Å². The van der Waals surface area contributed by atoms with Gasteiger partial charge in [0.25, 0.3) is 0 Å². The van der Waals surface area contributed by atoms with Crippen molar-refractivity contribution in [2.75, 3.05) is 17.6 Å². The summed E-state index contributed by atoms with van der Waals surface area (Å²) in [6.07, 6.45) is 0. The van der Waals surface area contributed by atoms with Crippen molar-refractivity contribution in [1.29, 1.82) is 0 Å². The summed E-state index contributed by atoms with van der Waals surface area (Å²) >= 11 is 19.0. The predicted molar refractivity (Wildman–Crippen MR) is 103 cm³/mol. The summed E-state index contributed by atoms with van der Waals surface area (Å²) in [6.45, 7) is 0.800. The van der Waals surface area contributed by atoms with Crippen LogP contribution in [0, 0.1) is 0 Å². The largest absolute Gasteiger partial charge is 0.362 e. The highest BCUT2D eigenvalue weighted by Crippen LogP contribution is 2.20. The number of thioether (sulfide) groups is 1. The molecule has 2 nitrogen and oxygen atoms in total. The van der Waals surface area contributed by atoms with Crippen molar-refractivity contribution in [3.8, 4) is 0 Å². The van der Waals surface area contributed by atoms with E-state index in [-0.39, 0.29) is 0 Å². The zero-order valence-electron chi connectivity index (χ0n) is 11.8. The zero-order valence-corrected chi connectivity index (χ0v) is 15.0. The molecule has 22 heavy (non-hydrogen) atoms. The number of halogens is 2. The molecular weight excluding hydrogens is 355 g/mol. The van der Waals surface area contributed by atoms with Gasteiger partial charge in [-0.15, -0.1) is 0 Å². The second kappa shape index (κ2) is 9.26. The molecule has 0 aromatic heterocycles. The van der Waals surface area contributed by atoms with E-state index in [1.165, 1.54) is 0 Å². The van der Waals surface area contributed by atoms with Gasteiger partial charge in [0, 0.05) is 33.8 Å². The van der Waals surface area contributed by atoms with Crippen LogP contribution < -0.4 is 10.6 Å². The third kappa shape index (κ3) is 6.05. The smallest absolute Gasteiger partial charge is 0.170 e. The minimum Gasteiger partial charge on any atom is -0.362 e. The van der Waals surface area contributed by atoms with Crippen molar-refractivity contribution < 1.29 is 0 Å². The number of hydrogen-bond acceptors (Lipinski definition) is 2. The topological polar surface area (TPSA) is 24.1 Å². The van der Waals surface area contributed by atoms with E-state index in [0.29, 0.717) is 10.1 Å². The average Bonchev–Trinajstić information content (AvgIpc) is 2.51. The van der Waals surface area contributed by atoms with E-state index < -0.39 is 0 Å². The predicted octanol–water partition coefficient (Wildman–Crippen LogP) is 5.21. The Hall–Kier alpha value is -0.940. The molecule has 0 bridgehead atoms. The Morgan fingerprint density at radius 1 is 1.05 bits per heavy atom. The fourth-order valence-electron chi connectivity index (χ4n) is 1.74. The summed E-state index contributed by atoms with van der Waals surface area (Å²) in [7, 11) is 0. The molecular formula is C16H16Cl2N2S2. The molecule has 6 heteroatoms. The highest BCUT2D eigenvalue weighted by Gasteiger charge is 2.00. The SMILES string of the molecule is S=C(NCCSCc1ccccc1Cl)Nc1ccc(Cl)cc1. The van der Waals surface area contributed by atoms with Crippen molar-refractivity contribution in [2.24, 2.45) is 0 Å². The number of hydrogen-bond donors (Lipinski definition) is 2. The van der Waals surface area contributed by atoms with E-state index >= 15 is 0 Å². The summed E-state index contributed by atoms with van der Waals surface area (Å²) in [5, 5.41) is 8.44. The van der Waals surface area contributed by atoms with Gasteiger partial charge in [-0.1, -0.05) is 41.4 Å². The lowest BCUT2D eigenvalue weighted by atomic mass is 10.2. The average molecular weight is 371 g/mol. The maximum atomic E-state index is 6.12. The second-order valence-electron chi connectivity index (χ2n) is 4.53. The normalized spacial score (nSPS) is 10.3. The number of thiocarbonyl (C=S) groups is 1. The van der Waals surface area contributed by atoms with Gasteiger partial charge in [0.05, 0.1) is 0 Å². The molecule has 116 valence electrons. The molecule has 0 amide bonds. The molecule has 2 aromatic carbocycles. The summed E-state index contributed by atoms with van der Waals surface area (Å²) in [6, 6.07) is 15.4. The molecule has 0 aliphatic heterocycles. The Kier molecular flexibility index (Phi) is 7.33. The van der Waals surface area contributed by atoms with Crippen LogP contribution in [0.3, 0.4) is 0 Å². The maximum Gasteiger partial charge on any atom is 0.170 e. The summed E-state index contributed by atoms with van der Waals surface area (Å²) in [5.41, 5.74) is 2.08. The second-order valence-corrected chi connectivity index (χ2v) is 6.89. The van der Waals surface area contributed by atoms with E-state index in [4.69, 9.17) is 35.4 Å². The maximum absolute atomic E-state index is 6.12. The Balaban J connectivity index is 1.63. The Labute approximate surface area is 150 Å². The first kappa shape index (κ1) is 17.4. The third-order valence-electron chi connectivity index (χ3n) is 2.85. The number of rotatable bonds is 6. The van der Waals surface area contributed by atoms with Crippen LogP contribution in [-0.4, -0.2) is 17.4 Å². The number of nitrogens with one attached hydrogen (secondary N) is 2. The molecule has 0 fully saturated rings. The van der Waals surface area contributed by atoms with Gasteiger partial charge in [-0.3, -0.25) is 0 Å². The van der Waals surface area contributed by atoms with E-state index in [2.05, 4.69) is 16.7 Å². The van der Waals surface area contributed by atoms with Gasteiger partial charge in [0.2, 0.25) is 0 Å². The Morgan fingerprint density at radius 2 is 1.77 bits per heavy atom. The van der Waals surface area contributed by atoms with Gasteiger partial charge in [0.15, 0.2) is 5.11 Å². The van der Waals surface area contributed by atoms with Crippen LogP contribution in [0.2, 0.25) is 10.0 Å². The van der Waals surface area contributed by atoms with Crippen LogP contribution in [0.1, 0.15) is 5.56 Å². The highest BCUT2D eigenvalue weighted by molar-refractivity contribution is 7.98. The summed E-state index contributed by atoms with van der Waals surface area (Å²) in [5.74, 6) is 1.85. The fraction of sp³-hybridized carbons (Fsp3) is 0.188. The molecule has 0 radical (unpaired) electrons. The van der Waals surface area contributed by atoms with Gasteiger partial charge in [-0.05, 0) is 48.1 Å². The molecule has 0 heterocycles. The van der Waals surface area contributed by atoms with Crippen molar-refractivity contribution in [1.82, 2.24) is 5.32 Å². The standard InChI is InChI=1S/C16H16Cl2N2S2/c17-13-5-7-14(8-6-13)20-16(21)19-9-10-22-11-12-3-1-2-4-15(12)18/h1-8H,9-11H2,(H2,19,20,21). The van der Waals surface area contributed by atoms with E-state index in [1.54, 1.807) is 0 Å². The minimum absolute atomic E-state index is 0.612. The quantitative estimate of drug-likeness (QED) is 0.538. The van der Waals surface area contributed by atoms with Crippen molar-refractivity contribution in [2.45, 2.75) is 5.75 Å². The fourth-order valence-corrected chi connectivity index (χ4v) is 3.23. The first-order valence-electron chi connectivity index (χ1n) is 6.77. The molecule has 0 atom stereocenters. The summed E-state index contributed by atoms with van der Waals surface area (Å²) in [4.78, 5) is 0. The first-order valence-corrected chi connectivity index (χ1v) is 9.08. The molecule has 0 saturated heterocycles. The molecule has 0 unspecified atom stereocenters. The Bertz CT molecular complexity index is 618. The van der Waals surface area contributed by atoms with Gasteiger partial charge in [0.1, 0.15) is 0 Å². The van der Waals surface area contributed by atoms with Crippen molar-refractivity contribution in [3.63, 3.8) is 0 Å². The first-order chi connectivity index (χ1) is 10.6. The number of benzene rings is 2. The van der Waals surface area contributed by atoms with E-state index in [1.807, 2.05) is 54.2 Å². The molecule has 0 aliphatic carbocycles. The lowest BCUT2D eigenvalue weighted by Gasteiger charge is -2.10. The zero-order chi connectivity index (χ0) is 15.8. The lowest BCUT2D eigenvalue weighted by molar-refractivity contribution is 0.990. The minimum atomic E-state index is 0.612. The number of anilines is 1. The van der Waals surface area contributed by atoms with Gasteiger partial charge < -0.3 is 10.6 Å². The molecule has 0 saturated carbocycles. The van der Waals surface area contributed by atoms with Crippen LogP contribution in [0.4, 0.5) is 5.69 Å². The molecule has 2 N–H and O–H groups in total. The van der Waals surface area contributed by atoms with Gasteiger partial charge in [-0.2, -0.15) is 11.8 Å². The third-order valence-corrected chi connectivity index (χ3v) is 4.72. The van der Waals surface area contributed by atoms with Crippen LogP contribution >= 0.6 is 47.2 Å². The molecule has 2 rings (SSSR count).